The molecule has 47 heavy (non-hydrogen) atoms. The Morgan fingerprint density at radius 3 is 1.83 bits per heavy atom. The maximum Gasteiger partial charge on any atom is 0.415 e. The summed E-state index contributed by atoms with van der Waals surface area (Å²) >= 11 is 0. The molecule has 2 amide bonds. The van der Waals surface area contributed by atoms with Gasteiger partial charge >= 0.3 is 24.1 Å². The summed E-state index contributed by atoms with van der Waals surface area (Å²) < 4.78 is 9.84. The van der Waals surface area contributed by atoms with Gasteiger partial charge in [-0.05, 0) is 58.6 Å². The standard InChI is InChI=1S/C17H23N5O4.C13H13N5O3/c1-16(2,3)26-15(25)21-17(14(23)24)5-8-22(9-6-17)13-11-4-7-18-12(11)19-10-20-13;19-11-13(17-12(20)21-11)2-5-18(6-3-13)10-8-1-4-14-9(8)15-7-16-10/h4,7,10H,5-6,8-9H2,1-3H3,(H,21,25)(H,23,24)(H,18,19,20);1,4,7H,2-3,5-6H2,(H,17,20)(H,14,15,16). The number of anilines is 2. The van der Waals surface area contributed by atoms with Gasteiger partial charge < -0.3 is 45.0 Å². The number of carboxylic acid groups (broad SMARTS) is 1. The lowest BCUT2D eigenvalue weighted by Crippen LogP contribution is -2.60. The highest BCUT2D eigenvalue weighted by Crippen LogP contribution is 2.32. The fourth-order valence-electron chi connectivity index (χ4n) is 6.10. The monoisotopic (exact) mass is 648 g/mol. The number of amides is 2. The van der Waals surface area contributed by atoms with Gasteiger partial charge in [0.1, 0.15) is 52.3 Å². The van der Waals surface area contributed by atoms with Gasteiger partial charge in [-0.3, -0.25) is 0 Å². The van der Waals surface area contributed by atoms with E-state index < -0.39 is 40.8 Å². The molecule has 3 saturated heterocycles. The van der Waals surface area contributed by atoms with Crippen LogP contribution in [0.1, 0.15) is 46.5 Å². The predicted molar refractivity (Wildman–Crippen MR) is 168 cm³/mol. The molecule has 4 aromatic rings. The largest absolute Gasteiger partial charge is 0.480 e. The second-order valence-electron chi connectivity index (χ2n) is 12.7. The number of carbonyl (C=O) groups is 4. The van der Waals surface area contributed by atoms with Crippen molar-refractivity contribution in [2.75, 3.05) is 36.0 Å². The molecule has 7 rings (SSSR count). The molecule has 0 unspecified atom stereocenters. The van der Waals surface area contributed by atoms with Crippen molar-refractivity contribution in [3.63, 3.8) is 0 Å². The topological polar surface area (TPSA) is 221 Å². The molecule has 17 heteroatoms. The number of aliphatic carboxylic acids is 1. The van der Waals surface area contributed by atoms with Crippen molar-refractivity contribution in [3.05, 3.63) is 37.2 Å². The number of carboxylic acids is 1. The zero-order chi connectivity index (χ0) is 33.4. The van der Waals surface area contributed by atoms with Crippen LogP contribution in [0.5, 0.6) is 0 Å². The van der Waals surface area contributed by atoms with E-state index in [1.807, 2.05) is 23.2 Å². The highest BCUT2D eigenvalue weighted by atomic mass is 16.6. The third-order valence-corrected chi connectivity index (χ3v) is 8.57. The van der Waals surface area contributed by atoms with Crippen LogP contribution < -0.4 is 20.4 Å². The van der Waals surface area contributed by atoms with E-state index in [0.29, 0.717) is 39.0 Å². The van der Waals surface area contributed by atoms with Crippen molar-refractivity contribution in [1.29, 1.82) is 0 Å². The van der Waals surface area contributed by atoms with Crippen LogP contribution >= 0.6 is 0 Å². The average Bonchev–Trinajstić information content (AvgIpc) is 3.76. The molecule has 5 N–H and O–H groups in total. The molecule has 0 bridgehead atoms. The van der Waals surface area contributed by atoms with Gasteiger partial charge in [0.05, 0.1) is 10.8 Å². The number of rotatable bonds is 4. The quantitative estimate of drug-likeness (QED) is 0.159. The molecule has 3 aliphatic heterocycles. The van der Waals surface area contributed by atoms with Crippen molar-refractivity contribution >= 4 is 57.8 Å². The molecule has 0 radical (unpaired) electrons. The number of cyclic esters (lactones) is 2. The number of H-pyrrole nitrogens is 2. The third-order valence-electron chi connectivity index (χ3n) is 8.57. The first-order valence-electron chi connectivity index (χ1n) is 15.2. The molecule has 0 aliphatic carbocycles. The van der Waals surface area contributed by atoms with Gasteiger partial charge in [0, 0.05) is 38.6 Å². The normalized spacial score (nSPS) is 18.8. The number of hydrogen-bond donors (Lipinski definition) is 5. The predicted octanol–water partition coefficient (Wildman–Crippen LogP) is 2.47. The van der Waals surface area contributed by atoms with Gasteiger partial charge in [-0.15, -0.1) is 0 Å². The van der Waals surface area contributed by atoms with E-state index in [-0.39, 0.29) is 12.8 Å². The Morgan fingerprint density at radius 2 is 1.38 bits per heavy atom. The van der Waals surface area contributed by atoms with E-state index in [4.69, 9.17) is 4.74 Å². The maximum absolute atomic E-state index is 12.1. The van der Waals surface area contributed by atoms with Gasteiger partial charge in [-0.1, -0.05) is 0 Å². The lowest BCUT2D eigenvalue weighted by Gasteiger charge is -2.40. The minimum Gasteiger partial charge on any atom is -0.480 e. The van der Waals surface area contributed by atoms with Gasteiger partial charge in [0.25, 0.3) is 0 Å². The summed E-state index contributed by atoms with van der Waals surface area (Å²) in [7, 11) is 0. The SMILES string of the molecule is CC(C)(C)OC(=O)NC1(C(=O)O)CCN(c2ncnc3[nH]ccc23)CC1.O=C1NC2(CCN(c3ncnc4[nH]ccc34)CC2)C(=O)O1. The number of hydrogen-bond acceptors (Lipinski definition) is 12. The number of aromatic amines is 2. The van der Waals surface area contributed by atoms with Crippen LogP contribution in [0.15, 0.2) is 37.2 Å². The number of alkyl carbamates (subject to hydrolysis) is 2. The number of carbonyl (C=O) groups excluding carboxylic acids is 3. The summed E-state index contributed by atoms with van der Waals surface area (Å²) in [5.74, 6) is 0.0698. The second-order valence-corrected chi connectivity index (χ2v) is 12.7. The first-order valence-corrected chi connectivity index (χ1v) is 15.2. The summed E-state index contributed by atoms with van der Waals surface area (Å²) in [6, 6.07) is 3.82. The van der Waals surface area contributed by atoms with Crippen molar-refractivity contribution in [2.24, 2.45) is 0 Å². The molecule has 3 fully saturated rings. The van der Waals surface area contributed by atoms with E-state index in [1.165, 1.54) is 12.7 Å². The number of piperidine rings is 2. The van der Waals surface area contributed by atoms with Crippen LogP contribution in [0.25, 0.3) is 22.1 Å². The first kappa shape index (κ1) is 31.5. The van der Waals surface area contributed by atoms with Gasteiger partial charge in [0.2, 0.25) is 0 Å². The Bertz CT molecular complexity index is 1810. The van der Waals surface area contributed by atoms with E-state index in [9.17, 15) is 24.3 Å². The smallest absolute Gasteiger partial charge is 0.415 e. The molecule has 1 spiro atoms. The summed E-state index contributed by atoms with van der Waals surface area (Å²) in [6.07, 6.45) is 6.75. The number of ether oxygens (including phenoxy) is 2. The number of nitrogens with one attached hydrogen (secondary N) is 4. The molecular weight excluding hydrogens is 612 g/mol. The van der Waals surface area contributed by atoms with Crippen molar-refractivity contribution in [3.8, 4) is 0 Å². The summed E-state index contributed by atoms with van der Waals surface area (Å²) in [5.41, 5.74) is -1.38. The van der Waals surface area contributed by atoms with E-state index in [2.05, 4.69) is 50.2 Å². The zero-order valence-corrected chi connectivity index (χ0v) is 26.2. The molecule has 7 heterocycles. The van der Waals surface area contributed by atoms with Gasteiger partial charge in [-0.2, -0.15) is 0 Å². The second kappa shape index (κ2) is 12.0. The van der Waals surface area contributed by atoms with Crippen LogP contribution in [0.4, 0.5) is 21.2 Å². The van der Waals surface area contributed by atoms with E-state index >= 15 is 0 Å². The minimum absolute atomic E-state index is 0.248. The highest BCUT2D eigenvalue weighted by molar-refractivity contribution is 5.99. The van der Waals surface area contributed by atoms with Crippen LogP contribution in [-0.4, -0.2) is 102 Å². The number of esters is 1. The van der Waals surface area contributed by atoms with Gasteiger partial charge in [-0.25, -0.2) is 39.1 Å². The lowest BCUT2D eigenvalue weighted by molar-refractivity contribution is -0.146. The maximum atomic E-state index is 12.1. The molecule has 0 saturated carbocycles. The molecule has 17 nitrogen and oxygen atoms in total. The molecule has 0 aromatic carbocycles. The minimum atomic E-state index is -1.34. The molecular formula is C30H36N10O7. The molecule has 3 aliphatic rings. The summed E-state index contributed by atoms with van der Waals surface area (Å²) in [4.78, 5) is 74.2. The third kappa shape index (κ3) is 6.32. The van der Waals surface area contributed by atoms with Crippen molar-refractivity contribution in [1.82, 2.24) is 40.5 Å². The number of nitrogens with zero attached hydrogens (tertiary/aromatic N) is 6. The van der Waals surface area contributed by atoms with Crippen molar-refractivity contribution in [2.45, 2.75) is 63.1 Å². The number of fused-ring (bicyclic) bond motifs is 2. The Balaban J connectivity index is 0.000000168. The summed E-state index contributed by atoms with van der Waals surface area (Å²) in [5, 5.41) is 16.8. The van der Waals surface area contributed by atoms with E-state index in [1.54, 1.807) is 27.0 Å². The zero-order valence-electron chi connectivity index (χ0n) is 26.2. The Morgan fingerprint density at radius 1 is 0.872 bits per heavy atom. The molecule has 0 atom stereocenters. The van der Waals surface area contributed by atoms with Crippen LogP contribution in [-0.2, 0) is 19.1 Å². The fourth-order valence-corrected chi connectivity index (χ4v) is 6.10. The highest BCUT2D eigenvalue weighted by Gasteiger charge is 2.50. The first-order chi connectivity index (χ1) is 22.4. The van der Waals surface area contributed by atoms with Crippen LogP contribution in [0.3, 0.4) is 0 Å². The number of aromatic nitrogens is 6. The lowest BCUT2D eigenvalue weighted by atomic mass is 9.87. The Hall–Kier alpha value is -5.48. The fraction of sp³-hybridized carbons (Fsp3) is 0.467. The van der Waals surface area contributed by atoms with Gasteiger partial charge in [0.15, 0.2) is 0 Å². The average molecular weight is 649 g/mol. The van der Waals surface area contributed by atoms with Crippen LogP contribution in [0, 0.1) is 0 Å². The van der Waals surface area contributed by atoms with Crippen molar-refractivity contribution < 1.29 is 33.8 Å². The van der Waals surface area contributed by atoms with E-state index in [0.717, 1.165) is 33.7 Å². The Labute approximate surface area is 268 Å². The molecule has 4 aromatic heterocycles. The van der Waals surface area contributed by atoms with Crippen LogP contribution in [0.2, 0.25) is 0 Å². The molecule has 248 valence electrons. The Kier molecular flexibility index (Phi) is 8.07. The summed E-state index contributed by atoms with van der Waals surface area (Å²) in [6.45, 7) is 7.33.